The topological polar surface area (TPSA) is 34.1 Å². The fourth-order valence-corrected chi connectivity index (χ4v) is 1.57. The zero-order chi connectivity index (χ0) is 10.6. The summed E-state index contributed by atoms with van der Waals surface area (Å²) < 4.78 is 0.821. The molecular weight excluding hydrogens is 267 g/mol. The molecule has 0 aliphatic rings. The van der Waals surface area contributed by atoms with Gasteiger partial charge in [-0.3, -0.25) is 9.59 Å². The van der Waals surface area contributed by atoms with Crippen molar-refractivity contribution in [1.29, 1.82) is 0 Å². The number of aldehydes is 1. The van der Waals surface area contributed by atoms with E-state index in [0.717, 1.165) is 10.8 Å². The molecule has 1 aromatic rings. The Hall–Kier alpha value is -0.670. The number of alkyl halides is 1. The second kappa shape index (κ2) is 5.27. The van der Waals surface area contributed by atoms with Gasteiger partial charge in [0.1, 0.15) is 6.29 Å². The first-order chi connectivity index (χ1) is 6.67. The summed E-state index contributed by atoms with van der Waals surface area (Å²) in [5.41, 5.74) is 1.24. The molecule has 0 aromatic heterocycles. The highest BCUT2D eigenvalue weighted by molar-refractivity contribution is 9.10. The highest BCUT2D eigenvalue weighted by atomic mass is 79.9. The van der Waals surface area contributed by atoms with Crippen LogP contribution >= 0.6 is 27.5 Å². The van der Waals surface area contributed by atoms with Gasteiger partial charge in [0.25, 0.3) is 0 Å². The van der Waals surface area contributed by atoms with Crippen LogP contribution in [0.25, 0.3) is 0 Å². The number of benzene rings is 1. The highest BCUT2D eigenvalue weighted by Gasteiger charge is 2.06. The summed E-state index contributed by atoms with van der Waals surface area (Å²) in [6.45, 7) is 0. The van der Waals surface area contributed by atoms with Crippen molar-refractivity contribution in [2.75, 3.05) is 5.88 Å². The maximum Gasteiger partial charge on any atom is 0.151 e. The third kappa shape index (κ3) is 2.93. The van der Waals surface area contributed by atoms with Gasteiger partial charge in [-0.2, -0.15) is 0 Å². The Morgan fingerprint density at radius 2 is 2.21 bits per heavy atom. The summed E-state index contributed by atoms with van der Waals surface area (Å²) in [4.78, 5) is 21.8. The van der Waals surface area contributed by atoms with Gasteiger partial charge in [-0.15, -0.1) is 11.6 Å². The molecule has 14 heavy (non-hydrogen) atoms. The van der Waals surface area contributed by atoms with Gasteiger partial charge in [0.05, 0.1) is 5.88 Å². The molecule has 1 rings (SSSR count). The highest BCUT2D eigenvalue weighted by Crippen LogP contribution is 2.16. The summed E-state index contributed by atoms with van der Waals surface area (Å²) in [5.74, 6) is -0.106. The van der Waals surface area contributed by atoms with Crippen molar-refractivity contribution < 1.29 is 9.59 Å². The molecule has 0 heterocycles. The van der Waals surface area contributed by atoms with E-state index in [2.05, 4.69) is 15.9 Å². The smallest absolute Gasteiger partial charge is 0.151 e. The fourth-order valence-electron chi connectivity index (χ4n) is 1.10. The third-order valence-electron chi connectivity index (χ3n) is 1.77. The number of hydrogen-bond acceptors (Lipinski definition) is 2. The Kier molecular flexibility index (Phi) is 4.29. The number of halogens is 2. The summed E-state index contributed by atoms with van der Waals surface area (Å²) in [7, 11) is 0. The molecule has 0 unspecified atom stereocenters. The van der Waals surface area contributed by atoms with Gasteiger partial charge in [0.2, 0.25) is 0 Å². The summed E-state index contributed by atoms with van der Waals surface area (Å²) in [6, 6.07) is 5.23. The average molecular weight is 276 g/mol. The van der Waals surface area contributed by atoms with Crippen molar-refractivity contribution in [1.82, 2.24) is 0 Å². The van der Waals surface area contributed by atoms with E-state index in [1.54, 1.807) is 18.2 Å². The Morgan fingerprint density at radius 1 is 1.50 bits per heavy atom. The maximum atomic E-state index is 11.1. The molecule has 0 aliphatic carbocycles. The first-order valence-corrected chi connectivity index (χ1v) is 5.31. The number of rotatable bonds is 4. The van der Waals surface area contributed by atoms with E-state index in [0.29, 0.717) is 11.1 Å². The van der Waals surface area contributed by atoms with Crippen molar-refractivity contribution >= 4 is 39.6 Å². The Labute approximate surface area is 95.4 Å². The van der Waals surface area contributed by atoms with Crippen LogP contribution in [0, 0.1) is 0 Å². The number of carbonyl (C=O) groups excluding carboxylic acids is 2. The van der Waals surface area contributed by atoms with Crippen LogP contribution in [-0.2, 0) is 11.2 Å². The van der Waals surface area contributed by atoms with Crippen LogP contribution in [0.5, 0.6) is 0 Å². The van der Waals surface area contributed by atoms with E-state index >= 15 is 0 Å². The molecule has 0 atom stereocenters. The van der Waals surface area contributed by atoms with Gasteiger partial charge in [0.15, 0.2) is 5.78 Å². The molecule has 0 saturated carbocycles. The molecule has 74 valence electrons. The summed E-state index contributed by atoms with van der Waals surface area (Å²) >= 11 is 8.63. The van der Waals surface area contributed by atoms with Crippen molar-refractivity contribution in [2.24, 2.45) is 0 Å². The first kappa shape index (κ1) is 11.4. The van der Waals surface area contributed by atoms with E-state index in [4.69, 9.17) is 11.6 Å². The average Bonchev–Trinajstić information content (AvgIpc) is 2.20. The Balaban J connectivity index is 2.96. The lowest BCUT2D eigenvalue weighted by Crippen LogP contribution is -2.06. The van der Waals surface area contributed by atoms with Gasteiger partial charge in [0, 0.05) is 16.5 Å². The van der Waals surface area contributed by atoms with E-state index < -0.39 is 0 Å². The minimum Gasteiger partial charge on any atom is -0.298 e. The minimum absolute atomic E-state index is 0.0195. The van der Waals surface area contributed by atoms with E-state index in [1.807, 2.05) is 0 Å². The molecule has 0 radical (unpaired) electrons. The Morgan fingerprint density at radius 3 is 2.79 bits per heavy atom. The molecule has 0 amide bonds. The van der Waals surface area contributed by atoms with Crippen molar-refractivity contribution in [3.05, 3.63) is 33.8 Å². The molecule has 4 heteroatoms. The van der Waals surface area contributed by atoms with Crippen LogP contribution in [0.2, 0.25) is 0 Å². The number of hydrogen-bond donors (Lipinski definition) is 0. The van der Waals surface area contributed by atoms with E-state index in [1.165, 1.54) is 0 Å². The lowest BCUT2D eigenvalue weighted by atomic mass is 10.0. The quantitative estimate of drug-likeness (QED) is 0.625. The Bertz CT molecular complexity index is 363. The van der Waals surface area contributed by atoms with Crippen LogP contribution in [0.1, 0.15) is 15.9 Å². The fraction of sp³-hybridized carbons (Fsp3) is 0.200. The normalized spacial score (nSPS) is 9.86. The van der Waals surface area contributed by atoms with Gasteiger partial charge in [-0.1, -0.05) is 22.0 Å². The molecule has 0 aliphatic heterocycles. The predicted molar refractivity (Wildman–Crippen MR) is 59.0 cm³/mol. The molecule has 0 fully saturated rings. The molecule has 0 bridgehead atoms. The van der Waals surface area contributed by atoms with Crippen LogP contribution in [0.15, 0.2) is 22.7 Å². The monoisotopic (exact) mass is 274 g/mol. The molecule has 0 N–H and O–H groups in total. The number of Topliss-reactive ketones (excluding diaryl/α,β-unsaturated/α-hetero) is 1. The number of carbonyl (C=O) groups is 2. The van der Waals surface area contributed by atoms with E-state index in [9.17, 15) is 9.59 Å². The SMILES string of the molecule is O=Cc1cc(Br)ccc1CC(=O)CCl. The lowest BCUT2D eigenvalue weighted by molar-refractivity contribution is -0.116. The number of ketones is 1. The third-order valence-corrected chi connectivity index (χ3v) is 2.56. The molecule has 2 nitrogen and oxygen atoms in total. The molecule has 1 aromatic carbocycles. The lowest BCUT2D eigenvalue weighted by Gasteiger charge is -2.02. The largest absolute Gasteiger partial charge is 0.298 e. The van der Waals surface area contributed by atoms with Gasteiger partial charge in [-0.05, 0) is 17.7 Å². The maximum absolute atomic E-state index is 11.1. The van der Waals surface area contributed by atoms with Crippen molar-refractivity contribution in [3.8, 4) is 0 Å². The predicted octanol–water partition coefficient (Wildman–Crippen LogP) is 2.61. The van der Waals surface area contributed by atoms with Crippen LogP contribution < -0.4 is 0 Å². The second-order valence-corrected chi connectivity index (χ2v) is 3.99. The molecular formula is C10H8BrClO2. The summed E-state index contributed by atoms with van der Waals surface area (Å²) in [5, 5.41) is 0. The van der Waals surface area contributed by atoms with Crippen molar-refractivity contribution in [3.63, 3.8) is 0 Å². The van der Waals surface area contributed by atoms with Crippen LogP contribution in [0.3, 0.4) is 0 Å². The zero-order valence-corrected chi connectivity index (χ0v) is 9.64. The van der Waals surface area contributed by atoms with Gasteiger partial charge in [-0.25, -0.2) is 0 Å². The van der Waals surface area contributed by atoms with Crippen LogP contribution in [-0.4, -0.2) is 17.9 Å². The van der Waals surface area contributed by atoms with E-state index in [-0.39, 0.29) is 18.1 Å². The second-order valence-electron chi connectivity index (χ2n) is 2.81. The molecule has 0 saturated heterocycles. The van der Waals surface area contributed by atoms with Gasteiger partial charge < -0.3 is 0 Å². The standard InChI is InChI=1S/C10H8BrClO2/c11-9-2-1-7(4-10(14)5-12)8(3-9)6-13/h1-3,6H,4-5H2. The van der Waals surface area contributed by atoms with Crippen LogP contribution in [0.4, 0.5) is 0 Å². The minimum atomic E-state index is -0.0860. The zero-order valence-electron chi connectivity index (χ0n) is 7.30. The first-order valence-electron chi connectivity index (χ1n) is 3.98. The molecule has 0 spiro atoms. The van der Waals surface area contributed by atoms with Crippen molar-refractivity contribution in [2.45, 2.75) is 6.42 Å². The van der Waals surface area contributed by atoms with Gasteiger partial charge >= 0.3 is 0 Å². The summed E-state index contributed by atoms with van der Waals surface area (Å²) in [6.07, 6.45) is 0.951.